The van der Waals surface area contributed by atoms with Gasteiger partial charge >= 0.3 is 0 Å². The Morgan fingerprint density at radius 1 is 1.15 bits per heavy atom. The van der Waals surface area contributed by atoms with Gasteiger partial charge in [0.15, 0.2) is 0 Å². The number of aromatic nitrogens is 2. The van der Waals surface area contributed by atoms with Crippen LogP contribution in [0.5, 0.6) is 0 Å². The number of aromatic amines is 1. The summed E-state index contributed by atoms with van der Waals surface area (Å²) in [4.78, 5) is 11.0. The van der Waals surface area contributed by atoms with Crippen LogP contribution >= 0.6 is 0 Å². The third kappa shape index (κ3) is 5.84. The molecule has 5 heteroatoms. The van der Waals surface area contributed by atoms with Crippen molar-refractivity contribution in [3.8, 4) is 11.3 Å². The molecular formula is C28H38N4O. The van der Waals surface area contributed by atoms with E-state index in [0.29, 0.717) is 0 Å². The molecule has 5 nitrogen and oxygen atoms in total. The van der Waals surface area contributed by atoms with Crippen LogP contribution in [0.4, 0.5) is 5.69 Å². The summed E-state index contributed by atoms with van der Waals surface area (Å²) in [6.45, 7) is 13.3. The van der Waals surface area contributed by atoms with Crippen molar-refractivity contribution in [2.75, 3.05) is 31.6 Å². The normalized spacial score (nSPS) is 15.3. The molecule has 3 heterocycles. The zero-order chi connectivity index (χ0) is 23.2. The molecule has 0 saturated carbocycles. The molecule has 33 heavy (non-hydrogen) atoms. The number of ether oxygens (including phenoxy) is 1. The molecule has 3 aromatic rings. The fourth-order valence-electron chi connectivity index (χ4n) is 4.54. The lowest BCUT2D eigenvalue weighted by Crippen LogP contribution is -2.35. The maximum absolute atomic E-state index is 5.50. The summed E-state index contributed by atoms with van der Waals surface area (Å²) in [5, 5.41) is 4.91. The van der Waals surface area contributed by atoms with E-state index in [9.17, 15) is 0 Å². The summed E-state index contributed by atoms with van der Waals surface area (Å²) in [6.07, 6.45) is 6.57. The van der Waals surface area contributed by atoms with Gasteiger partial charge in [-0.05, 0) is 56.5 Å². The molecule has 2 N–H and O–H groups in total. The molecule has 1 fully saturated rings. The Morgan fingerprint density at radius 2 is 1.97 bits per heavy atom. The average Bonchev–Trinajstić information content (AvgIpc) is 3.23. The molecular weight excluding hydrogens is 408 g/mol. The summed E-state index contributed by atoms with van der Waals surface area (Å²) >= 11 is 0. The smallest absolute Gasteiger partial charge is 0.0692 e. The zero-order valence-corrected chi connectivity index (χ0v) is 20.6. The first kappa shape index (κ1) is 23.5. The van der Waals surface area contributed by atoms with Gasteiger partial charge in [-0.3, -0.25) is 9.88 Å². The molecule has 4 rings (SSSR count). The molecule has 0 bridgehead atoms. The molecule has 0 spiro atoms. The lowest BCUT2D eigenvalue weighted by molar-refractivity contribution is 0.0342. The Labute approximate surface area is 198 Å². The molecule has 0 radical (unpaired) electrons. The third-order valence-corrected chi connectivity index (χ3v) is 6.31. The number of anilines is 1. The monoisotopic (exact) mass is 446 g/mol. The van der Waals surface area contributed by atoms with Crippen LogP contribution in [0.1, 0.15) is 57.0 Å². The van der Waals surface area contributed by atoms with E-state index >= 15 is 0 Å². The minimum absolute atomic E-state index is 0.833. The molecule has 1 aliphatic heterocycles. The van der Waals surface area contributed by atoms with Crippen molar-refractivity contribution >= 4 is 16.6 Å². The van der Waals surface area contributed by atoms with Gasteiger partial charge in [0.1, 0.15) is 0 Å². The standard InChI is InChI=1S/C28H38N4O/c1-5-7-9-20(3)29-28-21(4)30-24(8-6-2)18-25(28)27-17-23-16-22(10-11-26(23)31-27)19-32-12-14-33-15-13-32/h9-11,16-18,29,31H,5-8,12-15,19H2,1-4H3/b20-9-. The van der Waals surface area contributed by atoms with E-state index < -0.39 is 0 Å². The van der Waals surface area contributed by atoms with Crippen molar-refractivity contribution in [2.24, 2.45) is 0 Å². The number of pyridine rings is 1. The van der Waals surface area contributed by atoms with Crippen LogP contribution in [0.25, 0.3) is 22.2 Å². The highest BCUT2D eigenvalue weighted by Crippen LogP contribution is 2.34. The first-order valence-corrected chi connectivity index (χ1v) is 12.4. The fraction of sp³-hybridized carbons (Fsp3) is 0.464. The lowest BCUT2D eigenvalue weighted by atomic mass is 10.0. The Morgan fingerprint density at radius 3 is 2.73 bits per heavy atom. The van der Waals surface area contributed by atoms with Crippen LogP contribution in [0.15, 0.2) is 42.1 Å². The van der Waals surface area contributed by atoms with Crippen molar-refractivity contribution < 1.29 is 4.74 Å². The topological polar surface area (TPSA) is 53.2 Å². The summed E-state index contributed by atoms with van der Waals surface area (Å²) in [5.41, 5.74) is 9.33. The Balaban J connectivity index is 1.68. The number of benzene rings is 1. The Kier molecular flexibility index (Phi) is 7.84. The summed E-state index contributed by atoms with van der Waals surface area (Å²) in [5.74, 6) is 0. The molecule has 1 saturated heterocycles. The van der Waals surface area contributed by atoms with Crippen LogP contribution in [-0.4, -0.2) is 41.2 Å². The number of H-pyrrole nitrogens is 1. The maximum atomic E-state index is 5.50. The van der Waals surface area contributed by atoms with E-state index in [-0.39, 0.29) is 0 Å². The van der Waals surface area contributed by atoms with Gasteiger partial charge < -0.3 is 15.0 Å². The van der Waals surface area contributed by atoms with Crippen LogP contribution in [0, 0.1) is 6.92 Å². The molecule has 2 aromatic heterocycles. The second-order valence-electron chi connectivity index (χ2n) is 9.17. The van der Waals surface area contributed by atoms with E-state index in [1.165, 1.54) is 27.7 Å². The minimum atomic E-state index is 0.833. The van der Waals surface area contributed by atoms with Gasteiger partial charge in [-0.1, -0.05) is 38.8 Å². The Hall–Kier alpha value is -2.63. The first-order valence-electron chi connectivity index (χ1n) is 12.4. The zero-order valence-electron chi connectivity index (χ0n) is 20.6. The fourth-order valence-corrected chi connectivity index (χ4v) is 4.54. The number of morpholine rings is 1. The van der Waals surface area contributed by atoms with Gasteiger partial charge in [-0.2, -0.15) is 0 Å². The number of rotatable bonds is 9. The highest BCUT2D eigenvalue weighted by molar-refractivity contribution is 5.90. The molecule has 0 amide bonds. The summed E-state index contributed by atoms with van der Waals surface area (Å²) in [6, 6.07) is 11.3. The van der Waals surface area contributed by atoms with E-state index in [2.05, 4.69) is 79.3 Å². The summed E-state index contributed by atoms with van der Waals surface area (Å²) in [7, 11) is 0. The van der Waals surface area contributed by atoms with Crippen molar-refractivity contribution in [3.05, 3.63) is 59.1 Å². The second kappa shape index (κ2) is 11.0. The van der Waals surface area contributed by atoms with Gasteiger partial charge in [0.25, 0.3) is 0 Å². The number of allylic oxidation sites excluding steroid dienone is 2. The van der Waals surface area contributed by atoms with Crippen molar-refractivity contribution in [2.45, 2.75) is 59.9 Å². The number of fused-ring (bicyclic) bond motifs is 1. The predicted octanol–water partition coefficient (Wildman–Crippen LogP) is 6.44. The lowest BCUT2D eigenvalue weighted by Gasteiger charge is -2.26. The molecule has 1 aliphatic rings. The SMILES string of the molecule is CCC/C=C(/C)Nc1c(-c2cc3cc(CN4CCOCC4)ccc3[nH]2)cc(CCC)nc1C. The van der Waals surface area contributed by atoms with Crippen LogP contribution in [0.3, 0.4) is 0 Å². The minimum Gasteiger partial charge on any atom is -0.379 e. The van der Waals surface area contributed by atoms with E-state index in [1.807, 2.05) is 0 Å². The number of nitrogens with zero attached hydrogens (tertiary/aromatic N) is 2. The quantitative estimate of drug-likeness (QED) is 0.397. The first-order chi connectivity index (χ1) is 16.1. The molecule has 176 valence electrons. The summed E-state index contributed by atoms with van der Waals surface area (Å²) < 4.78 is 5.50. The molecule has 0 unspecified atom stereocenters. The van der Waals surface area contributed by atoms with E-state index in [0.717, 1.165) is 81.3 Å². The van der Waals surface area contributed by atoms with Gasteiger partial charge in [0.2, 0.25) is 0 Å². The van der Waals surface area contributed by atoms with E-state index in [4.69, 9.17) is 9.72 Å². The molecule has 0 aliphatic carbocycles. The Bertz CT molecular complexity index is 1110. The number of aryl methyl sites for hydroxylation is 2. The van der Waals surface area contributed by atoms with E-state index in [1.54, 1.807) is 0 Å². The van der Waals surface area contributed by atoms with Crippen LogP contribution < -0.4 is 5.32 Å². The maximum Gasteiger partial charge on any atom is 0.0692 e. The molecule has 1 aromatic carbocycles. The predicted molar refractivity (Wildman–Crippen MR) is 139 cm³/mol. The number of nitrogens with one attached hydrogen (secondary N) is 2. The average molecular weight is 447 g/mol. The largest absolute Gasteiger partial charge is 0.379 e. The van der Waals surface area contributed by atoms with Gasteiger partial charge in [0.05, 0.1) is 24.6 Å². The third-order valence-electron chi connectivity index (χ3n) is 6.31. The highest BCUT2D eigenvalue weighted by atomic mass is 16.5. The number of hydrogen-bond acceptors (Lipinski definition) is 4. The van der Waals surface area contributed by atoms with Crippen molar-refractivity contribution in [1.29, 1.82) is 0 Å². The number of hydrogen-bond donors (Lipinski definition) is 2. The van der Waals surface area contributed by atoms with Crippen molar-refractivity contribution in [3.63, 3.8) is 0 Å². The van der Waals surface area contributed by atoms with Gasteiger partial charge in [0, 0.05) is 53.2 Å². The highest BCUT2D eigenvalue weighted by Gasteiger charge is 2.15. The molecule has 0 atom stereocenters. The second-order valence-corrected chi connectivity index (χ2v) is 9.17. The van der Waals surface area contributed by atoms with Gasteiger partial charge in [-0.15, -0.1) is 0 Å². The van der Waals surface area contributed by atoms with Crippen molar-refractivity contribution in [1.82, 2.24) is 14.9 Å². The number of unbranched alkanes of at least 4 members (excludes halogenated alkanes) is 1. The van der Waals surface area contributed by atoms with Gasteiger partial charge in [-0.25, -0.2) is 0 Å². The van der Waals surface area contributed by atoms with Crippen LogP contribution in [0.2, 0.25) is 0 Å². The van der Waals surface area contributed by atoms with Crippen LogP contribution in [-0.2, 0) is 17.7 Å².